The quantitative estimate of drug-likeness (QED) is 0.674. The number of hydrogen-bond donors (Lipinski definition) is 1. The minimum absolute atomic E-state index is 0.202. The first kappa shape index (κ1) is 14.7. The number of halogens is 3. The molecule has 0 aliphatic heterocycles. The van der Waals surface area contributed by atoms with Crippen LogP contribution in [0.3, 0.4) is 0 Å². The summed E-state index contributed by atoms with van der Waals surface area (Å²) < 4.78 is 0.998. The van der Waals surface area contributed by atoms with Crippen LogP contribution in [0.5, 0.6) is 0 Å². The molecule has 0 radical (unpaired) electrons. The third-order valence-corrected chi connectivity index (χ3v) is 4.08. The van der Waals surface area contributed by atoms with Gasteiger partial charge in [-0.05, 0) is 58.2 Å². The van der Waals surface area contributed by atoms with E-state index in [1.165, 1.54) is 5.56 Å². The van der Waals surface area contributed by atoms with Gasteiger partial charge in [-0.3, -0.25) is 0 Å². The van der Waals surface area contributed by atoms with E-state index in [1.807, 2.05) is 36.4 Å². The summed E-state index contributed by atoms with van der Waals surface area (Å²) in [5.74, 6) is 0. The van der Waals surface area contributed by atoms with E-state index in [2.05, 4.69) is 34.2 Å². The van der Waals surface area contributed by atoms with Gasteiger partial charge in [-0.15, -0.1) is 0 Å². The number of benzene rings is 2. The molecule has 0 spiro atoms. The molecule has 4 heteroatoms. The second-order valence-corrected chi connectivity index (χ2v) is 6.01. The summed E-state index contributed by atoms with van der Waals surface area (Å²) in [6.45, 7) is 2.14. The zero-order valence-corrected chi connectivity index (χ0v) is 13.6. The smallest absolute Gasteiger partial charge is 0.0512 e. The van der Waals surface area contributed by atoms with Crippen LogP contribution >= 0.6 is 39.1 Å². The van der Waals surface area contributed by atoms with Crippen LogP contribution in [0.4, 0.5) is 5.69 Å². The van der Waals surface area contributed by atoms with Gasteiger partial charge >= 0.3 is 0 Å². The third kappa shape index (κ3) is 3.88. The Hall–Kier alpha value is -0.700. The second kappa shape index (κ2) is 6.65. The average molecular weight is 359 g/mol. The van der Waals surface area contributed by atoms with Crippen molar-refractivity contribution in [1.29, 1.82) is 0 Å². The van der Waals surface area contributed by atoms with Gasteiger partial charge in [0.1, 0.15) is 0 Å². The Morgan fingerprint density at radius 2 is 1.84 bits per heavy atom. The average Bonchev–Trinajstić information content (AvgIpc) is 2.39. The lowest BCUT2D eigenvalue weighted by Crippen LogP contribution is -2.10. The van der Waals surface area contributed by atoms with Crippen molar-refractivity contribution in [1.82, 2.24) is 0 Å². The topological polar surface area (TPSA) is 12.0 Å². The lowest BCUT2D eigenvalue weighted by Gasteiger charge is -2.20. The molecule has 1 nitrogen and oxygen atoms in total. The van der Waals surface area contributed by atoms with E-state index in [-0.39, 0.29) is 6.04 Å². The zero-order valence-electron chi connectivity index (χ0n) is 10.5. The molecule has 0 fully saturated rings. The zero-order chi connectivity index (χ0) is 13.8. The van der Waals surface area contributed by atoms with Gasteiger partial charge in [0.2, 0.25) is 0 Å². The summed E-state index contributed by atoms with van der Waals surface area (Å²) in [7, 11) is 0. The van der Waals surface area contributed by atoms with E-state index >= 15 is 0 Å². The van der Waals surface area contributed by atoms with Crippen molar-refractivity contribution in [2.24, 2.45) is 0 Å². The summed E-state index contributed by atoms with van der Waals surface area (Å²) in [5, 5.41) is 4.96. The largest absolute Gasteiger partial charge is 0.377 e. The van der Waals surface area contributed by atoms with Crippen LogP contribution in [0.2, 0.25) is 10.0 Å². The van der Waals surface area contributed by atoms with Crippen LogP contribution in [0.15, 0.2) is 46.9 Å². The van der Waals surface area contributed by atoms with Gasteiger partial charge in [0.25, 0.3) is 0 Å². The standard InChI is InChI=1S/C15H14BrCl2N/c1-2-14(10-4-3-5-11(17)8-10)19-15-9-12(18)6-7-13(15)16/h3-9,14,19H,2H2,1H3. The predicted octanol–water partition coefficient (Wildman–Crippen LogP) is 6.32. The maximum atomic E-state index is 6.05. The van der Waals surface area contributed by atoms with E-state index in [0.717, 1.165) is 21.6 Å². The SMILES string of the molecule is CCC(Nc1cc(Cl)ccc1Br)c1cccc(Cl)c1. The lowest BCUT2D eigenvalue weighted by atomic mass is 10.0. The molecule has 1 atom stereocenters. The van der Waals surface area contributed by atoms with Gasteiger partial charge in [-0.2, -0.15) is 0 Å². The predicted molar refractivity (Wildman–Crippen MR) is 87.3 cm³/mol. The van der Waals surface area contributed by atoms with Crippen molar-refractivity contribution in [3.05, 3.63) is 62.5 Å². The Labute approximate surface area is 132 Å². The van der Waals surface area contributed by atoms with E-state index in [4.69, 9.17) is 23.2 Å². The van der Waals surface area contributed by atoms with E-state index in [9.17, 15) is 0 Å². The highest BCUT2D eigenvalue weighted by Crippen LogP contribution is 2.31. The molecule has 0 amide bonds. The summed E-state index contributed by atoms with van der Waals surface area (Å²) in [6, 6.07) is 13.8. The van der Waals surface area contributed by atoms with E-state index in [0.29, 0.717) is 5.02 Å². The molecule has 0 aliphatic carbocycles. The summed E-state index contributed by atoms with van der Waals surface area (Å²) in [6.07, 6.45) is 0.958. The Balaban J connectivity index is 2.26. The molecule has 0 saturated carbocycles. The minimum atomic E-state index is 0.202. The summed E-state index contributed by atoms with van der Waals surface area (Å²) in [4.78, 5) is 0. The Kier molecular flexibility index (Phi) is 5.14. The summed E-state index contributed by atoms with van der Waals surface area (Å²) in [5.41, 5.74) is 2.15. The van der Waals surface area contributed by atoms with Crippen molar-refractivity contribution < 1.29 is 0 Å². The molecular weight excluding hydrogens is 345 g/mol. The molecule has 0 bridgehead atoms. The van der Waals surface area contributed by atoms with Gasteiger partial charge in [0.15, 0.2) is 0 Å². The van der Waals surface area contributed by atoms with Crippen molar-refractivity contribution >= 4 is 44.8 Å². The fraction of sp³-hybridized carbons (Fsp3) is 0.200. The minimum Gasteiger partial charge on any atom is -0.377 e. The fourth-order valence-electron chi connectivity index (χ4n) is 1.94. The van der Waals surface area contributed by atoms with Gasteiger partial charge < -0.3 is 5.32 Å². The highest BCUT2D eigenvalue weighted by Gasteiger charge is 2.11. The van der Waals surface area contributed by atoms with Gasteiger partial charge in [0.05, 0.1) is 11.7 Å². The molecule has 2 aromatic carbocycles. The number of rotatable bonds is 4. The van der Waals surface area contributed by atoms with Gasteiger partial charge in [-0.25, -0.2) is 0 Å². The number of hydrogen-bond acceptors (Lipinski definition) is 1. The molecular formula is C15H14BrCl2N. The fourth-order valence-corrected chi connectivity index (χ4v) is 2.67. The maximum Gasteiger partial charge on any atom is 0.0512 e. The molecule has 1 unspecified atom stereocenters. The Morgan fingerprint density at radius 1 is 1.11 bits per heavy atom. The Morgan fingerprint density at radius 3 is 2.53 bits per heavy atom. The lowest BCUT2D eigenvalue weighted by molar-refractivity contribution is 0.749. The number of nitrogens with one attached hydrogen (secondary N) is 1. The van der Waals surface area contributed by atoms with Crippen molar-refractivity contribution in [3.8, 4) is 0 Å². The van der Waals surface area contributed by atoms with Gasteiger partial charge in [0, 0.05) is 14.5 Å². The third-order valence-electron chi connectivity index (χ3n) is 2.92. The first-order valence-electron chi connectivity index (χ1n) is 6.07. The normalized spacial score (nSPS) is 12.2. The number of anilines is 1. The molecule has 0 heterocycles. The van der Waals surface area contributed by atoms with E-state index in [1.54, 1.807) is 0 Å². The highest BCUT2D eigenvalue weighted by atomic mass is 79.9. The molecule has 0 aliphatic rings. The molecule has 100 valence electrons. The van der Waals surface area contributed by atoms with Crippen LogP contribution in [0.1, 0.15) is 24.9 Å². The second-order valence-electron chi connectivity index (χ2n) is 4.28. The molecule has 2 aromatic rings. The molecule has 0 saturated heterocycles. The van der Waals surface area contributed by atoms with Crippen LogP contribution in [-0.2, 0) is 0 Å². The molecule has 0 aromatic heterocycles. The van der Waals surface area contributed by atoms with Crippen LogP contribution < -0.4 is 5.32 Å². The van der Waals surface area contributed by atoms with Crippen molar-refractivity contribution in [2.75, 3.05) is 5.32 Å². The first-order valence-corrected chi connectivity index (χ1v) is 7.62. The van der Waals surface area contributed by atoms with E-state index < -0.39 is 0 Å². The van der Waals surface area contributed by atoms with Crippen LogP contribution in [-0.4, -0.2) is 0 Å². The van der Waals surface area contributed by atoms with Crippen molar-refractivity contribution in [3.63, 3.8) is 0 Å². The molecule has 2 rings (SSSR count). The van der Waals surface area contributed by atoms with Crippen LogP contribution in [0, 0.1) is 0 Å². The molecule has 19 heavy (non-hydrogen) atoms. The molecule has 1 N–H and O–H groups in total. The monoisotopic (exact) mass is 357 g/mol. The van der Waals surface area contributed by atoms with Crippen molar-refractivity contribution in [2.45, 2.75) is 19.4 Å². The maximum absolute atomic E-state index is 6.05. The van der Waals surface area contributed by atoms with Gasteiger partial charge in [-0.1, -0.05) is 42.3 Å². The Bertz CT molecular complexity index is 572. The highest BCUT2D eigenvalue weighted by molar-refractivity contribution is 9.10. The summed E-state index contributed by atoms with van der Waals surface area (Å²) >= 11 is 15.6. The first-order chi connectivity index (χ1) is 9.10. The van der Waals surface area contributed by atoms with Crippen LogP contribution in [0.25, 0.3) is 0 Å².